The van der Waals surface area contributed by atoms with E-state index in [9.17, 15) is 4.79 Å². The van der Waals surface area contributed by atoms with Gasteiger partial charge in [-0.05, 0) is 61.6 Å². The molecule has 0 bridgehead atoms. The molecule has 1 aromatic heterocycles. The topological polar surface area (TPSA) is 33.5 Å². The van der Waals surface area contributed by atoms with Gasteiger partial charge >= 0.3 is 5.63 Å². The van der Waals surface area contributed by atoms with E-state index in [1.54, 1.807) is 6.07 Å². The molecule has 0 aliphatic heterocycles. The number of aryl methyl sites for hydroxylation is 2. The molecule has 3 nitrogen and oxygen atoms in total. The minimum atomic E-state index is -0.258. The van der Waals surface area contributed by atoms with Gasteiger partial charge in [-0.15, -0.1) is 0 Å². The van der Waals surface area contributed by atoms with Gasteiger partial charge in [-0.1, -0.05) is 19.1 Å². The Balaban J connectivity index is 2.04. The third-order valence-corrected chi connectivity index (χ3v) is 4.38. The summed E-state index contributed by atoms with van der Waals surface area (Å²) < 4.78 is 5.43. The summed E-state index contributed by atoms with van der Waals surface area (Å²) in [5, 5.41) is 1.08. The zero-order valence-corrected chi connectivity index (χ0v) is 13.4. The van der Waals surface area contributed by atoms with Gasteiger partial charge in [-0.25, -0.2) is 4.79 Å². The smallest absolute Gasteiger partial charge is 0.336 e. The van der Waals surface area contributed by atoms with Gasteiger partial charge in [-0.2, -0.15) is 0 Å². The summed E-state index contributed by atoms with van der Waals surface area (Å²) in [6, 6.07) is 5.94. The fraction of sp³-hybridized carbons (Fsp3) is 0.421. The summed E-state index contributed by atoms with van der Waals surface area (Å²) in [5.74, 6) is 0. The molecule has 0 amide bonds. The quantitative estimate of drug-likeness (QED) is 0.623. The van der Waals surface area contributed by atoms with Gasteiger partial charge in [0.2, 0.25) is 0 Å². The van der Waals surface area contributed by atoms with E-state index in [-0.39, 0.29) is 5.63 Å². The lowest BCUT2D eigenvalue weighted by molar-refractivity contribution is 0.305. The Kier molecular flexibility index (Phi) is 4.16. The van der Waals surface area contributed by atoms with Gasteiger partial charge in [0, 0.05) is 24.5 Å². The molecule has 3 rings (SSSR count). The first-order valence-corrected chi connectivity index (χ1v) is 8.02. The van der Waals surface area contributed by atoms with Gasteiger partial charge in [0.05, 0.1) is 0 Å². The third-order valence-electron chi connectivity index (χ3n) is 4.38. The second kappa shape index (κ2) is 6.09. The molecule has 1 aliphatic rings. The van der Waals surface area contributed by atoms with Crippen LogP contribution in [0.15, 0.2) is 39.6 Å². The lowest BCUT2D eigenvalue weighted by atomic mass is 10.0. The van der Waals surface area contributed by atoms with Crippen molar-refractivity contribution in [2.24, 2.45) is 0 Å². The largest absolute Gasteiger partial charge is 0.423 e. The number of nitrogens with zero attached hydrogens (tertiary/aromatic N) is 1. The van der Waals surface area contributed by atoms with E-state index in [1.165, 1.54) is 17.5 Å². The van der Waals surface area contributed by atoms with Crippen LogP contribution in [-0.2, 0) is 19.4 Å². The normalized spacial score (nSPS) is 13.8. The van der Waals surface area contributed by atoms with Gasteiger partial charge in [0.25, 0.3) is 0 Å². The molecule has 1 heterocycles. The van der Waals surface area contributed by atoms with Crippen LogP contribution < -0.4 is 5.63 Å². The van der Waals surface area contributed by atoms with Crippen molar-refractivity contribution in [2.75, 3.05) is 13.1 Å². The van der Waals surface area contributed by atoms with E-state index in [0.29, 0.717) is 0 Å². The van der Waals surface area contributed by atoms with Crippen molar-refractivity contribution in [3.63, 3.8) is 0 Å². The van der Waals surface area contributed by atoms with Gasteiger partial charge in [-0.3, -0.25) is 4.90 Å². The highest BCUT2D eigenvalue weighted by Crippen LogP contribution is 2.29. The maximum absolute atomic E-state index is 11.9. The lowest BCUT2D eigenvalue weighted by Crippen LogP contribution is -2.25. The molecule has 0 fully saturated rings. The van der Waals surface area contributed by atoms with Crippen LogP contribution in [0.5, 0.6) is 0 Å². The summed E-state index contributed by atoms with van der Waals surface area (Å²) >= 11 is 0. The molecular formula is C19H23NO2. The van der Waals surface area contributed by atoms with Gasteiger partial charge < -0.3 is 4.42 Å². The van der Waals surface area contributed by atoms with Crippen molar-refractivity contribution in [3.05, 3.63) is 57.5 Å². The summed E-state index contributed by atoms with van der Waals surface area (Å²) in [6.07, 6.45) is 3.42. The lowest BCUT2D eigenvalue weighted by Gasteiger charge is -2.21. The predicted molar refractivity (Wildman–Crippen MR) is 90.3 cm³/mol. The van der Waals surface area contributed by atoms with Gasteiger partial charge in [0.15, 0.2) is 0 Å². The molecular weight excluding hydrogens is 274 g/mol. The van der Waals surface area contributed by atoms with E-state index < -0.39 is 0 Å². The van der Waals surface area contributed by atoms with Crippen LogP contribution in [0, 0.1) is 0 Å². The molecule has 1 aliphatic carbocycles. The van der Waals surface area contributed by atoms with E-state index in [0.717, 1.165) is 54.6 Å². The highest BCUT2D eigenvalue weighted by atomic mass is 16.4. The van der Waals surface area contributed by atoms with Gasteiger partial charge in [0.1, 0.15) is 5.58 Å². The minimum Gasteiger partial charge on any atom is -0.423 e. The van der Waals surface area contributed by atoms with E-state index in [4.69, 9.17) is 4.42 Å². The number of benzene rings is 1. The molecule has 1 aromatic carbocycles. The third kappa shape index (κ3) is 3.00. The van der Waals surface area contributed by atoms with Crippen molar-refractivity contribution in [3.8, 4) is 0 Å². The van der Waals surface area contributed by atoms with E-state index in [1.807, 2.05) is 6.92 Å². The van der Waals surface area contributed by atoms with Crippen molar-refractivity contribution in [2.45, 2.75) is 39.7 Å². The Hall–Kier alpha value is -1.87. The number of hydrogen-bond donors (Lipinski definition) is 0. The Labute approximate surface area is 131 Å². The first-order valence-electron chi connectivity index (χ1n) is 8.02. The Morgan fingerprint density at radius 3 is 2.68 bits per heavy atom. The second-order valence-corrected chi connectivity index (χ2v) is 6.32. The fourth-order valence-electron chi connectivity index (χ4n) is 3.33. The number of likely N-dealkylation sites (N-methyl/N-ethyl adjacent to an activating group) is 1. The van der Waals surface area contributed by atoms with Crippen LogP contribution in [0.1, 0.15) is 37.0 Å². The molecule has 0 atom stereocenters. The highest BCUT2D eigenvalue weighted by molar-refractivity contribution is 5.82. The van der Waals surface area contributed by atoms with Crippen molar-refractivity contribution < 1.29 is 4.42 Å². The Morgan fingerprint density at radius 1 is 1.27 bits per heavy atom. The maximum Gasteiger partial charge on any atom is 0.336 e. The SMILES string of the molecule is C=C(C)CN(CC)Cc1cc(=O)oc2cc3c(cc12)CCC3. The Bertz CT molecular complexity index is 773. The van der Waals surface area contributed by atoms with Crippen molar-refractivity contribution in [1.82, 2.24) is 4.90 Å². The highest BCUT2D eigenvalue weighted by Gasteiger charge is 2.16. The average molecular weight is 297 g/mol. The molecule has 22 heavy (non-hydrogen) atoms. The number of hydrogen-bond acceptors (Lipinski definition) is 3. The number of fused-ring (bicyclic) bond motifs is 2. The zero-order chi connectivity index (χ0) is 15.7. The van der Waals surface area contributed by atoms with Crippen LogP contribution in [0.3, 0.4) is 0 Å². The minimum absolute atomic E-state index is 0.258. The van der Waals surface area contributed by atoms with Crippen LogP contribution in [0.4, 0.5) is 0 Å². The standard InChI is InChI=1S/C19H23NO2/c1-4-20(11-13(2)3)12-16-10-19(21)22-18-9-15-7-5-6-14(15)8-17(16)18/h8-10H,2,4-7,11-12H2,1,3H3. The monoisotopic (exact) mass is 297 g/mol. The van der Waals surface area contributed by atoms with Crippen LogP contribution in [0.25, 0.3) is 11.0 Å². The van der Waals surface area contributed by atoms with E-state index in [2.05, 4.69) is 30.5 Å². The van der Waals surface area contributed by atoms with Crippen LogP contribution >= 0.6 is 0 Å². The molecule has 0 spiro atoms. The average Bonchev–Trinajstić information content (AvgIpc) is 2.91. The molecule has 0 saturated carbocycles. The molecule has 0 saturated heterocycles. The second-order valence-electron chi connectivity index (χ2n) is 6.32. The van der Waals surface area contributed by atoms with Crippen molar-refractivity contribution >= 4 is 11.0 Å². The van der Waals surface area contributed by atoms with Crippen LogP contribution in [-0.4, -0.2) is 18.0 Å². The summed E-state index contributed by atoms with van der Waals surface area (Å²) in [6.45, 7) is 10.7. The zero-order valence-electron chi connectivity index (χ0n) is 13.4. The van der Waals surface area contributed by atoms with Crippen LogP contribution in [0.2, 0.25) is 0 Å². The van der Waals surface area contributed by atoms with Crippen molar-refractivity contribution in [1.29, 1.82) is 0 Å². The summed E-state index contributed by atoms with van der Waals surface area (Å²) in [4.78, 5) is 14.2. The number of rotatable bonds is 5. The molecule has 3 heteroatoms. The molecule has 0 radical (unpaired) electrons. The maximum atomic E-state index is 11.9. The first-order chi connectivity index (χ1) is 10.6. The molecule has 116 valence electrons. The predicted octanol–water partition coefficient (Wildman–Crippen LogP) is 3.68. The fourth-order valence-corrected chi connectivity index (χ4v) is 3.33. The Morgan fingerprint density at radius 2 is 2.00 bits per heavy atom. The van der Waals surface area contributed by atoms with E-state index >= 15 is 0 Å². The summed E-state index contributed by atoms with van der Waals surface area (Å²) in [5.41, 5.74) is 5.41. The first kappa shape index (κ1) is 15.0. The molecule has 0 unspecified atom stereocenters. The molecule has 0 N–H and O–H groups in total. The summed E-state index contributed by atoms with van der Waals surface area (Å²) in [7, 11) is 0. The molecule has 2 aromatic rings.